The van der Waals surface area contributed by atoms with Crippen molar-refractivity contribution in [2.24, 2.45) is 11.8 Å². The molecule has 26 heavy (non-hydrogen) atoms. The summed E-state index contributed by atoms with van der Waals surface area (Å²) in [6, 6.07) is 7.14. The number of carboxylic acids is 1. The molecule has 3 rings (SSSR count). The molecule has 0 radical (unpaired) electrons. The van der Waals surface area contributed by atoms with Crippen LogP contribution in [0.25, 0.3) is 10.9 Å². The lowest BCUT2D eigenvalue weighted by atomic mass is 9.90. The Balaban J connectivity index is 1.58. The molecule has 2 unspecified atom stereocenters. The standard InChI is InChI=1S/C19H23N3O4/c1-12-9-13(19(25)26)11-22(10-12)17(23)8-4-7-16-20-15-6-3-2-5-14(15)18(24)21-16/h2-3,5-6,12-13H,4,7-11H2,1H3,(H,25,26)(H,20,21,24). The van der Waals surface area contributed by atoms with Crippen LogP contribution in [0.2, 0.25) is 0 Å². The lowest BCUT2D eigenvalue weighted by Gasteiger charge is -2.34. The third kappa shape index (κ3) is 4.09. The van der Waals surface area contributed by atoms with E-state index in [1.165, 1.54) is 0 Å². The van der Waals surface area contributed by atoms with Crippen LogP contribution < -0.4 is 5.56 Å². The number of amides is 1. The third-order valence-electron chi connectivity index (χ3n) is 4.83. The number of likely N-dealkylation sites (tertiary alicyclic amines) is 1. The van der Waals surface area contributed by atoms with Crippen molar-refractivity contribution in [1.82, 2.24) is 14.9 Å². The smallest absolute Gasteiger partial charge is 0.308 e. The molecule has 2 aromatic rings. The fourth-order valence-electron chi connectivity index (χ4n) is 3.55. The average Bonchev–Trinajstić information content (AvgIpc) is 2.61. The van der Waals surface area contributed by atoms with E-state index in [0.29, 0.717) is 49.0 Å². The number of aromatic nitrogens is 2. The van der Waals surface area contributed by atoms with Crippen LogP contribution in [0.1, 0.15) is 32.0 Å². The van der Waals surface area contributed by atoms with Crippen molar-refractivity contribution in [1.29, 1.82) is 0 Å². The van der Waals surface area contributed by atoms with E-state index in [2.05, 4.69) is 9.97 Å². The van der Waals surface area contributed by atoms with Gasteiger partial charge in [-0.25, -0.2) is 4.98 Å². The van der Waals surface area contributed by atoms with Crippen molar-refractivity contribution in [3.05, 3.63) is 40.4 Å². The number of rotatable bonds is 5. The van der Waals surface area contributed by atoms with Gasteiger partial charge >= 0.3 is 5.97 Å². The van der Waals surface area contributed by atoms with Crippen LogP contribution in [0.3, 0.4) is 0 Å². The number of hydrogen-bond donors (Lipinski definition) is 2. The maximum Gasteiger partial charge on any atom is 0.308 e. The summed E-state index contributed by atoms with van der Waals surface area (Å²) in [6.07, 6.45) is 1.98. The molecule has 1 fully saturated rings. The molecule has 0 bridgehead atoms. The molecule has 2 N–H and O–H groups in total. The molecule has 1 aliphatic heterocycles. The van der Waals surface area contributed by atoms with Gasteiger partial charge in [-0.2, -0.15) is 0 Å². The molecule has 0 aliphatic carbocycles. The summed E-state index contributed by atoms with van der Waals surface area (Å²) in [4.78, 5) is 44.6. The number of benzene rings is 1. The van der Waals surface area contributed by atoms with Gasteiger partial charge in [0.25, 0.3) is 5.56 Å². The Bertz CT molecular complexity index is 876. The van der Waals surface area contributed by atoms with Crippen LogP contribution in [0.5, 0.6) is 0 Å². The number of carboxylic acid groups (broad SMARTS) is 1. The molecule has 1 saturated heterocycles. The first-order valence-electron chi connectivity index (χ1n) is 8.92. The minimum atomic E-state index is -0.840. The van der Waals surface area contributed by atoms with Crippen molar-refractivity contribution >= 4 is 22.8 Å². The Morgan fingerprint density at radius 2 is 2.08 bits per heavy atom. The number of fused-ring (bicyclic) bond motifs is 1. The number of carbonyl (C=O) groups is 2. The van der Waals surface area contributed by atoms with Gasteiger partial charge in [0.1, 0.15) is 5.82 Å². The number of nitrogens with zero attached hydrogens (tertiary/aromatic N) is 2. The van der Waals surface area contributed by atoms with Gasteiger partial charge < -0.3 is 15.0 Å². The summed E-state index contributed by atoms with van der Waals surface area (Å²) in [7, 11) is 0. The van der Waals surface area contributed by atoms with E-state index in [0.717, 1.165) is 0 Å². The lowest BCUT2D eigenvalue weighted by Crippen LogP contribution is -2.45. The summed E-state index contributed by atoms with van der Waals surface area (Å²) < 4.78 is 0. The van der Waals surface area contributed by atoms with Gasteiger partial charge in [0.2, 0.25) is 5.91 Å². The zero-order chi connectivity index (χ0) is 18.7. The Labute approximate surface area is 151 Å². The fraction of sp³-hybridized carbons (Fsp3) is 0.474. The number of para-hydroxylation sites is 1. The largest absolute Gasteiger partial charge is 0.481 e. The average molecular weight is 357 g/mol. The molecule has 7 nitrogen and oxygen atoms in total. The van der Waals surface area contributed by atoms with Crippen LogP contribution in [0.4, 0.5) is 0 Å². The maximum atomic E-state index is 12.4. The summed E-state index contributed by atoms with van der Waals surface area (Å²) in [6.45, 7) is 2.86. The summed E-state index contributed by atoms with van der Waals surface area (Å²) in [5.74, 6) is -0.608. The fourth-order valence-corrected chi connectivity index (χ4v) is 3.55. The highest BCUT2D eigenvalue weighted by Gasteiger charge is 2.31. The van der Waals surface area contributed by atoms with Crippen molar-refractivity contribution < 1.29 is 14.7 Å². The van der Waals surface area contributed by atoms with Gasteiger partial charge in [0, 0.05) is 25.9 Å². The van der Waals surface area contributed by atoms with Gasteiger partial charge in [0.05, 0.1) is 16.8 Å². The van der Waals surface area contributed by atoms with Crippen LogP contribution >= 0.6 is 0 Å². The Hall–Kier alpha value is -2.70. The number of aliphatic carboxylic acids is 1. The zero-order valence-electron chi connectivity index (χ0n) is 14.8. The number of hydrogen-bond acceptors (Lipinski definition) is 4. The number of aryl methyl sites for hydroxylation is 1. The highest BCUT2D eigenvalue weighted by Crippen LogP contribution is 2.22. The predicted octanol–water partition coefficient (Wildman–Crippen LogP) is 1.81. The minimum absolute atomic E-state index is 0.0362. The van der Waals surface area contributed by atoms with E-state index in [4.69, 9.17) is 0 Å². The first kappa shape index (κ1) is 18.1. The number of piperidine rings is 1. The quantitative estimate of drug-likeness (QED) is 0.849. The van der Waals surface area contributed by atoms with Gasteiger partial charge in [-0.15, -0.1) is 0 Å². The summed E-state index contributed by atoms with van der Waals surface area (Å²) in [5, 5.41) is 9.76. The molecule has 7 heteroatoms. The second-order valence-electron chi connectivity index (χ2n) is 7.06. The molecule has 1 aliphatic rings. The predicted molar refractivity (Wildman–Crippen MR) is 96.8 cm³/mol. The molecule has 0 spiro atoms. The molecule has 1 aromatic carbocycles. The SMILES string of the molecule is CC1CC(C(=O)O)CN(C(=O)CCCc2nc3ccccc3c(=O)[nH]2)C1. The monoisotopic (exact) mass is 357 g/mol. The van der Waals surface area contributed by atoms with Crippen LogP contribution in [-0.4, -0.2) is 44.9 Å². The van der Waals surface area contributed by atoms with Crippen LogP contribution in [-0.2, 0) is 16.0 Å². The van der Waals surface area contributed by atoms with Gasteiger partial charge in [-0.1, -0.05) is 19.1 Å². The number of H-pyrrole nitrogens is 1. The molecular weight excluding hydrogens is 334 g/mol. The van der Waals surface area contributed by atoms with Crippen molar-refractivity contribution in [2.45, 2.75) is 32.6 Å². The number of aromatic amines is 1. The van der Waals surface area contributed by atoms with Crippen LogP contribution in [0, 0.1) is 11.8 Å². The molecule has 0 saturated carbocycles. The summed E-state index contributed by atoms with van der Waals surface area (Å²) >= 11 is 0. The highest BCUT2D eigenvalue weighted by atomic mass is 16.4. The van der Waals surface area contributed by atoms with E-state index in [9.17, 15) is 19.5 Å². The molecule has 138 valence electrons. The van der Waals surface area contributed by atoms with E-state index in [-0.39, 0.29) is 23.9 Å². The molecule has 2 heterocycles. The van der Waals surface area contributed by atoms with Gasteiger partial charge in [-0.3, -0.25) is 14.4 Å². The second kappa shape index (κ2) is 7.68. The highest BCUT2D eigenvalue weighted by molar-refractivity contribution is 5.78. The maximum absolute atomic E-state index is 12.4. The van der Waals surface area contributed by atoms with Gasteiger partial charge in [-0.05, 0) is 30.9 Å². The van der Waals surface area contributed by atoms with E-state index >= 15 is 0 Å². The summed E-state index contributed by atoms with van der Waals surface area (Å²) in [5.41, 5.74) is 0.470. The molecule has 1 aromatic heterocycles. The van der Waals surface area contributed by atoms with Crippen molar-refractivity contribution in [3.8, 4) is 0 Å². The topological polar surface area (TPSA) is 103 Å². The van der Waals surface area contributed by atoms with Crippen LogP contribution in [0.15, 0.2) is 29.1 Å². The molecular formula is C19H23N3O4. The minimum Gasteiger partial charge on any atom is -0.481 e. The molecule has 2 atom stereocenters. The van der Waals surface area contributed by atoms with E-state index in [1.54, 1.807) is 23.1 Å². The van der Waals surface area contributed by atoms with Crippen molar-refractivity contribution in [3.63, 3.8) is 0 Å². The third-order valence-corrected chi connectivity index (χ3v) is 4.83. The number of nitrogens with one attached hydrogen (secondary N) is 1. The molecule has 1 amide bonds. The Morgan fingerprint density at radius 3 is 2.85 bits per heavy atom. The normalized spacial score (nSPS) is 20.3. The number of carbonyl (C=O) groups excluding carboxylic acids is 1. The first-order chi connectivity index (χ1) is 12.4. The van der Waals surface area contributed by atoms with Crippen molar-refractivity contribution in [2.75, 3.05) is 13.1 Å². The first-order valence-corrected chi connectivity index (χ1v) is 8.92. The van der Waals surface area contributed by atoms with Gasteiger partial charge in [0.15, 0.2) is 0 Å². The Morgan fingerprint density at radius 1 is 1.31 bits per heavy atom. The Kier molecular flexibility index (Phi) is 5.35. The zero-order valence-corrected chi connectivity index (χ0v) is 14.8. The second-order valence-corrected chi connectivity index (χ2v) is 7.06. The lowest BCUT2D eigenvalue weighted by molar-refractivity contribution is -0.146. The van der Waals surface area contributed by atoms with E-state index < -0.39 is 11.9 Å². The van der Waals surface area contributed by atoms with E-state index in [1.807, 2.05) is 13.0 Å².